The number of hydrogen-bond donors (Lipinski definition) is 0. The van der Waals surface area contributed by atoms with Crippen molar-refractivity contribution in [2.24, 2.45) is 0 Å². The lowest BCUT2D eigenvalue weighted by atomic mass is 9.82. The van der Waals surface area contributed by atoms with E-state index in [-0.39, 0.29) is 17.1 Å². The van der Waals surface area contributed by atoms with Gasteiger partial charge in [-0.05, 0) is 41.7 Å². The Kier molecular flexibility index (Phi) is 7.48. The fraction of sp³-hybridized carbons (Fsp3) is 0.517. The third-order valence-corrected chi connectivity index (χ3v) is 7.15. The number of ether oxygens (including phenoxy) is 4. The molecule has 0 saturated carbocycles. The molecule has 194 valence electrons. The lowest BCUT2D eigenvalue weighted by molar-refractivity contribution is -0.135. The molecule has 0 radical (unpaired) electrons. The Labute approximate surface area is 213 Å². The van der Waals surface area contributed by atoms with E-state index in [1.54, 1.807) is 26.4 Å². The van der Waals surface area contributed by atoms with Crippen LogP contribution in [0.3, 0.4) is 0 Å². The van der Waals surface area contributed by atoms with Crippen LogP contribution in [-0.2, 0) is 10.2 Å². The van der Waals surface area contributed by atoms with Crippen molar-refractivity contribution in [3.05, 3.63) is 47.5 Å². The molecule has 0 unspecified atom stereocenters. The van der Waals surface area contributed by atoms with Crippen LogP contribution in [0.1, 0.15) is 68.8 Å². The molecule has 0 atom stereocenters. The zero-order valence-electron chi connectivity index (χ0n) is 22.0. The van der Waals surface area contributed by atoms with Gasteiger partial charge in [0.2, 0.25) is 11.7 Å². The average Bonchev–Trinajstić information content (AvgIpc) is 2.86. The summed E-state index contributed by atoms with van der Waals surface area (Å²) in [6.07, 6.45) is 2.59. The second kappa shape index (κ2) is 10.4. The first kappa shape index (κ1) is 25.9. The number of likely N-dealkylation sites (tertiary alicyclic amines) is 1. The molecule has 0 aromatic heterocycles. The van der Waals surface area contributed by atoms with Gasteiger partial charge in [-0.2, -0.15) is 0 Å². The highest BCUT2D eigenvalue weighted by atomic mass is 16.5. The smallest absolute Gasteiger partial charge is 0.222 e. The van der Waals surface area contributed by atoms with Crippen LogP contribution in [0.25, 0.3) is 0 Å². The number of carbonyl (C=O) groups is 2. The van der Waals surface area contributed by atoms with Crippen molar-refractivity contribution in [2.45, 2.75) is 63.9 Å². The van der Waals surface area contributed by atoms with E-state index >= 15 is 0 Å². The van der Waals surface area contributed by atoms with Crippen LogP contribution < -0.4 is 18.9 Å². The van der Waals surface area contributed by atoms with E-state index in [0.717, 1.165) is 5.75 Å². The summed E-state index contributed by atoms with van der Waals surface area (Å²) in [4.78, 5) is 27.6. The van der Waals surface area contributed by atoms with E-state index < -0.39 is 5.60 Å². The van der Waals surface area contributed by atoms with Crippen molar-refractivity contribution in [3.63, 3.8) is 0 Å². The van der Waals surface area contributed by atoms with Gasteiger partial charge in [0.15, 0.2) is 17.3 Å². The predicted octanol–water partition coefficient (Wildman–Crippen LogP) is 5.19. The second-order valence-corrected chi connectivity index (χ2v) is 10.7. The summed E-state index contributed by atoms with van der Waals surface area (Å²) in [5.74, 6) is 2.38. The minimum Gasteiger partial charge on any atom is -0.494 e. The Balaban J connectivity index is 1.28. The van der Waals surface area contributed by atoms with E-state index in [1.807, 2.05) is 17.0 Å². The van der Waals surface area contributed by atoms with Crippen molar-refractivity contribution in [2.75, 3.05) is 33.9 Å². The third-order valence-electron chi connectivity index (χ3n) is 7.15. The lowest BCUT2D eigenvalue weighted by Gasteiger charge is -2.44. The van der Waals surface area contributed by atoms with Gasteiger partial charge in [0.1, 0.15) is 11.4 Å². The first-order valence-corrected chi connectivity index (χ1v) is 12.6. The van der Waals surface area contributed by atoms with Crippen molar-refractivity contribution < 1.29 is 28.5 Å². The maximum Gasteiger partial charge on any atom is 0.222 e. The van der Waals surface area contributed by atoms with Crippen LogP contribution in [0.4, 0.5) is 0 Å². The van der Waals surface area contributed by atoms with Crippen LogP contribution in [-0.4, -0.2) is 56.1 Å². The second-order valence-electron chi connectivity index (χ2n) is 10.7. The molecular formula is C29H37NO6. The standard InChI is InChI=1S/C29H37NO6/c1-28(2,3)20-8-10-21(11-9-20)35-18-6-7-25(32)30-16-14-29(15-17-30)19-23(31)22-12-13-24(33-4)27(34-5)26(22)36-29/h8-13H,6-7,14-19H2,1-5H3. The van der Waals surface area contributed by atoms with E-state index in [9.17, 15) is 9.59 Å². The molecule has 2 heterocycles. The van der Waals surface area contributed by atoms with Crippen molar-refractivity contribution in [1.29, 1.82) is 0 Å². The minimum absolute atomic E-state index is 0.0321. The van der Waals surface area contributed by atoms with Crippen molar-refractivity contribution >= 4 is 11.7 Å². The molecule has 0 bridgehead atoms. The van der Waals surface area contributed by atoms with Crippen LogP contribution in [0.5, 0.6) is 23.0 Å². The van der Waals surface area contributed by atoms with Crippen LogP contribution in [0, 0.1) is 0 Å². The highest BCUT2D eigenvalue weighted by molar-refractivity contribution is 6.01. The molecule has 4 rings (SSSR count). The molecule has 2 aromatic carbocycles. The number of nitrogens with zero attached hydrogens (tertiary/aromatic N) is 1. The van der Waals surface area contributed by atoms with E-state index in [1.165, 1.54) is 5.56 Å². The summed E-state index contributed by atoms with van der Waals surface area (Å²) >= 11 is 0. The summed E-state index contributed by atoms with van der Waals surface area (Å²) in [6.45, 7) is 8.16. The topological polar surface area (TPSA) is 74.3 Å². The molecule has 0 aliphatic carbocycles. The maximum atomic E-state index is 12.9. The van der Waals surface area contributed by atoms with Gasteiger partial charge in [-0.3, -0.25) is 9.59 Å². The highest BCUT2D eigenvalue weighted by Gasteiger charge is 2.45. The Hall–Kier alpha value is -3.22. The number of methoxy groups -OCH3 is 2. The summed E-state index contributed by atoms with van der Waals surface area (Å²) in [6, 6.07) is 11.6. The molecule has 36 heavy (non-hydrogen) atoms. The fourth-order valence-corrected chi connectivity index (χ4v) is 4.93. The fourth-order valence-electron chi connectivity index (χ4n) is 4.93. The van der Waals surface area contributed by atoms with Gasteiger partial charge in [0.05, 0.1) is 32.8 Å². The molecule has 7 heteroatoms. The minimum atomic E-state index is -0.622. The molecule has 2 aromatic rings. The molecule has 1 spiro atoms. The van der Waals surface area contributed by atoms with Crippen molar-refractivity contribution in [3.8, 4) is 23.0 Å². The first-order chi connectivity index (χ1) is 17.2. The number of fused-ring (bicyclic) bond motifs is 1. The Morgan fingerprint density at radius 3 is 2.33 bits per heavy atom. The third kappa shape index (κ3) is 5.45. The summed E-state index contributed by atoms with van der Waals surface area (Å²) in [5.41, 5.74) is 1.27. The number of hydrogen-bond acceptors (Lipinski definition) is 6. The maximum absolute atomic E-state index is 12.9. The number of ketones is 1. The number of Topliss-reactive ketones (excluding diaryl/α,β-unsaturated/α-hetero) is 1. The van der Waals surface area contributed by atoms with Gasteiger partial charge in [-0.15, -0.1) is 0 Å². The Morgan fingerprint density at radius 2 is 1.72 bits per heavy atom. The SMILES string of the molecule is COc1ccc2c(c1OC)OC1(CCN(C(=O)CCCOc3ccc(C(C)(C)C)cc3)CC1)CC2=O. The molecule has 1 saturated heterocycles. The number of piperidine rings is 1. The largest absolute Gasteiger partial charge is 0.494 e. The molecule has 1 amide bonds. The van der Waals surface area contributed by atoms with Crippen LogP contribution >= 0.6 is 0 Å². The van der Waals surface area contributed by atoms with Gasteiger partial charge >= 0.3 is 0 Å². The molecule has 7 nitrogen and oxygen atoms in total. The molecule has 2 aliphatic rings. The number of benzene rings is 2. The Bertz CT molecular complexity index is 1090. The van der Waals surface area contributed by atoms with E-state index in [2.05, 4.69) is 32.9 Å². The number of rotatable bonds is 7. The lowest BCUT2D eigenvalue weighted by Crippen LogP contribution is -2.52. The van der Waals surface area contributed by atoms with Gasteiger partial charge in [0.25, 0.3) is 0 Å². The van der Waals surface area contributed by atoms with E-state index in [0.29, 0.717) is 74.6 Å². The zero-order chi connectivity index (χ0) is 25.9. The average molecular weight is 496 g/mol. The van der Waals surface area contributed by atoms with Gasteiger partial charge < -0.3 is 23.8 Å². The highest BCUT2D eigenvalue weighted by Crippen LogP contribution is 2.47. The quantitative estimate of drug-likeness (QED) is 0.493. The van der Waals surface area contributed by atoms with Crippen LogP contribution in [0.15, 0.2) is 36.4 Å². The summed E-state index contributed by atoms with van der Waals surface area (Å²) < 4.78 is 23.1. The first-order valence-electron chi connectivity index (χ1n) is 12.6. The predicted molar refractivity (Wildman–Crippen MR) is 138 cm³/mol. The monoisotopic (exact) mass is 495 g/mol. The number of amides is 1. The summed E-state index contributed by atoms with van der Waals surface area (Å²) in [5, 5.41) is 0. The van der Waals surface area contributed by atoms with Crippen molar-refractivity contribution in [1.82, 2.24) is 4.90 Å². The molecule has 1 fully saturated rings. The normalized spacial score (nSPS) is 16.8. The van der Waals surface area contributed by atoms with Gasteiger partial charge in [-0.25, -0.2) is 0 Å². The van der Waals surface area contributed by atoms with Gasteiger partial charge in [0, 0.05) is 32.4 Å². The molecular weight excluding hydrogens is 458 g/mol. The number of carbonyl (C=O) groups excluding carboxylic acids is 2. The van der Waals surface area contributed by atoms with E-state index in [4.69, 9.17) is 18.9 Å². The van der Waals surface area contributed by atoms with Crippen LogP contribution in [0.2, 0.25) is 0 Å². The Morgan fingerprint density at radius 1 is 1.03 bits per heavy atom. The van der Waals surface area contributed by atoms with Gasteiger partial charge in [-0.1, -0.05) is 32.9 Å². The zero-order valence-corrected chi connectivity index (χ0v) is 22.0. The molecule has 0 N–H and O–H groups in total. The molecule has 2 aliphatic heterocycles. The summed E-state index contributed by atoms with van der Waals surface area (Å²) in [7, 11) is 3.10.